The van der Waals surface area contributed by atoms with Crippen molar-refractivity contribution in [3.8, 4) is 62.0 Å². The molecule has 0 aliphatic carbocycles. The van der Waals surface area contributed by atoms with Gasteiger partial charge in [-0.05, 0) is 137 Å². The molecule has 0 saturated carbocycles. The summed E-state index contributed by atoms with van der Waals surface area (Å²) >= 11 is 0. The predicted molar refractivity (Wildman–Crippen MR) is 293 cm³/mol. The smallest absolute Gasteiger partial charge is 0.160 e. The van der Waals surface area contributed by atoms with Crippen LogP contribution in [0.15, 0.2) is 224 Å². The molecule has 0 fully saturated rings. The largest absolute Gasteiger partial charge is 0.292 e. The third-order valence-corrected chi connectivity index (χ3v) is 14.8. The van der Waals surface area contributed by atoms with E-state index in [-0.39, 0.29) is 0 Å². The molecule has 15 aromatic rings. The van der Waals surface area contributed by atoms with E-state index in [1.54, 1.807) is 0 Å². The molecular weight excluding hydrogens is 849 g/mol. The molecule has 4 heteroatoms. The quantitative estimate of drug-likeness (QED) is 0.156. The van der Waals surface area contributed by atoms with Crippen molar-refractivity contribution in [3.05, 3.63) is 230 Å². The molecule has 0 spiro atoms. The summed E-state index contributed by atoms with van der Waals surface area (Å²) in [5, 5.41) is 16.1. The fourth-order valence-electron chi connectivity index (χ4n) is 11.4. The molecule has 324 valence electrons. The summed E-state index contributed by atoms with van der Waals surface area (Å²) in [7, 11) is 0. The van der Waals surface area contributed by atoms with Crippen molar-refractivity contribution in [2.45, 2.75) is 6.92 Å². The maximum Gasteiger partial charge on any atom is 0.160 e. The zero-order valence-electron chi connectivity index (χ0n) is 38.2. The van der Waals surface area contributed by atoms with Crippen LogP contribution >= 0.6 is 0 Å². The Morgan fingerprint density at radius 1 is 0.343 bits per heavy atom. The molecule has 0 N–H and O–H groups in total. The van der Waals surface area contributed by atoms with E-state index in [1.165, 1.54) is 75.8 Å². The van der Waals surface area contributed by atoms with Gasteiger partial charge in [0.05, 0.1) is 22.2 Å². The molecule has 0 unspecified atom stereocenters. The van der Waals surface area contributed by atoms with Crippen LogP contribution in [-0.4, -0.2) is 19.5 Å². The first-order valence-electron chi connectivity index (χ1n) is 24.0. The second kappa shape index (κ2) is 14.9. The minimum absolute atomic E-state index is 0.669. The lowest BCUT2D eigenvalue weighted by Gasteiger charge is -2.19. The van der Waals surface area contributed by atoms with E-state index in [0.717, 1.165) is 72.5 Å². The minimum atomic E-state index is 0.669. The molecule has 4 nitrogen and oxygen atoms in total. The number of para-hydroxylation sites is 2. The summed E-state index contributed by atoms with van der Waals surface area (Å²) in [4.78, 5) is 16.4. The molecule has 0 aliphatic rings. The number of benzene rings is 13. The van der Waals surface area contributed by atoms with Crippen LogP contribution < -0.4 is 0 Å². The minimum Gasteiger partial charge on any atom is -0.292 e. The van der Waals surface area contributed by atoms with E-state index in [2.05, 4.69) is 224 Å². The highest BCUT2D eigenvalue weighted by molar-refractivity contribution is 6.28. The summed E-state index contributed by atoms with van der Waals surface area (Å²) in [6.07, 6.45) is 0. The summed E-state index contributed by atoms with van der Waals surface area (Å²) in [5.41, 5.74) is 13.6. The van der Waals surface area contributed by atoms with Gasteiger partial charge in [0.15, 0.2) is 5.82 Å². The average Bonchev–Trinajstić information content (AvgIpc) is 3.82. The van der Waals surface area contributed by atoms with Crippen LogP contribution in [0.4, 0.5) is 0 Å². The van der Waals surface area contributed by atoms with Gasteiger partial charge in [-0.1, -0.05) is 181 Å². The van der Waals surface area contributed by atoms with Gasteiger partial charge in [-0.15, -0.1) is 0 Å². The van der Waals surface area contributed by atoms with Crippen LogP contribution in [0.5, 0.6) is 0 Å². The first-order valence-corrected chi connectivity index (χ1v) is 24.0. The topological polar surface area (TPSA) is 43.6 Å². The first kappa shape index (κ1) is 38.8. The number of fused-ring (bicyclic) bond motifs is 2. The highest BCUT2D eigenvalue weighted by Gasteiger charge is 2.22. The number of aromatic nitrogens is 4. The van der Waals surface area contributed by atoms with Crippen molar-refractivity contribution in [2.75, 3.05) is 0 Å². The maximum atomic E-state index is 5.68. The monoisotopic (exact) mass is 888 g/mol. The maximum absolute atomic E-state index is 5.68. The number of rotatable bonds is 6. The highest BCUT2D eigenvalue weighted by atomic mass is 15.1. The number of imidazole rings is 1. The number of nitrogens with zero attached hydrogens (tertiary/aromatic N) is 4. The highest BCUT2D eigenvalue weighted by Crippen LogP contribution is 2.46. The Balaban J connectivity index is 1.01. The standard InChI is InChI=1S/C66H40N4/c1-39-17-19-46(20-18-39)63-56-38-49(51-33-27-44-23-21-40-11-7-13-42-29-35-53(51)61(44)59(40)42)37-55(52-34-28-45-24-22-41-12-8-14-43-30-36-54(52)62(45)60(41)43)64(56)69-65(68-63)47-25-31-50(32-26-47)70-58-16-6-5-15-57(58)67-66(70)48-9-3-2-4-10-48/h2-38H,1H3. The Hall–Kier alpha value is -9.25. The Morgan fingerprint density at radius 2 is 0.900 bits per heavy atom. The number of hydrogen-bond donors (Lipinski definition) is 0. The third-order valence-electron chi connectivity index (χ3n) is 14.8. The van der Waals surface area contributed by atoms with Gasteiger partial charge in [0.1, 0.15) is 5.82 Å². The molecule has 0 aliphatic heterocycles. The summed E-state index contributed by atoms with van der Waals surface area (Å²) in [5.74, 6) is 1.57. The lowest BCUT2D eigenvalue weighted by atomic mass is 9.86. The fourth-order valence-corrected chi connectivity index (χ4v) is 11.4. The molecule has 13 aromatic carbocycles. The van der Waals surface area contributed by atoms with Gasteiger partial charge in [0.25, 0.3) is 0 Å². The Morgan fingerprint density at radius 3 is 1.57 bits per heavy atom. The van der Waals surface area contributed by atoms with Gasteiger partial charge in [-0.25, -0.2) is 15.0 Å². The molecule has 70 heavy (non-hydrogen) atoms. The molecule has 0 atom stereocenters. The van der Waals surface area contributed by atoms with E-state index in [9.17, 15) is 0 Å². The van der Waals surface area contributed by atoms with Crippen LogP contribution in [0, 0.1) is 6.92 Å². The van der Waals surface area contributed by atoms with Gasteiger partial charge in [-0.2, -0.15) is 0 Å². The van der Waals surface area contributed by atoms with Crippen molar-refractivity contribution in [1.82, 2.24) is 19.5 Å². The van der Waals surface area contributed by atoms with Crippen molar-refractivity contribution in [1.29, 1.82) is 0 Å². The van der Waals surface area contributed by atoms with Gasteiger partial charge in [0, 0.05) is 33.3 Å². The fraction of sp³-hybridized carbons (Fsp3) is 0.0152. The average molecular weight is 889 g/mol. The molecule has 15 rings (SSSR count). The van der Waals surface area contributed by atoms with E-state index < -0.39 is 0 Å². The second-order valence-electron chi connectivity index (χ2n) is 18.8. The Labute approximate surface area is 403 Å². The van der Waals surface area contributed by atoms with Crippen LogP contribution in [0.25, 0.3) is 149 Å². The number of aryl methyl sites for hydroxylation is 1. The third kappa shape index (κ3) is 5.80. The summed E-state index contributed by atoms with van der Waals surface area (Å²) in [6, 6.07) is 81.7. The van der Waals surface area contributed by atoms with Crippen molar-refractivity contribution >= 4 is 86.6 Å². The molecule has 0 radical (unpaired) electrons. The van der Waals surface area contributed by atoms with Crippen LogP contribution in [0.2, 0.25) is 0 Å². The lowest BCUT2D eigenvalue weighted by molar-refractivity contribution is 1.10. The number of hydrogen-bond acceptors (Lipinski definition) is 3. The SMILES string of the molecule is Cc1ccc(-c2nc(-c3ccc(-n4c(-c5ccccc5)nc5ccccc54)cc3)nc3c(-c4ccc5ccc6cccc7ccc4c5c67)cc(-c4ccc5ccc6cccc7ccc4c5c67)cc23)cc1. The van der Waals surface area contributed by atoms with Crippen molar-refractivity contribution < 1.29 is 0 Å². The normalized spacial score (nSPS) is 12.1. The van der Waals surface area contributed by atoms with Crippen molar-refractivity contribution in [3.63, 3.8) is 0 Å². The summed E-state index contributed by atoms with van der Waals surface area (Å²) in [6.45, 7) is 2.14. The first-order chi connectivity index (χ1) is 34.6. The second-order valence-corrected chi connectivity index (χ2v) is 18.8. The Kier molecular flexibility index (Phi) is 8.25. The molecule has 0 amide bonds. The van der Waals surface area contributed by atoms with Gasteiger partial charge in [-0.3, -0.25) is 4.57 Å². The van der Waals surface area contributed by atoms with Gasteiger partial charge < -0.3 is 0 Å². The van der Waals surface area contributed by atoms with Crippen LogP contribution in [0.3, 0.4) is 0 Å². The molecule has 0 saturated heterocycles. The zero-order valence-corrected chi connectivity index (χ0v) is 38.2. The van der Waals surface area contributed by atoms with Crippen LogP contribution in [0.1, 0.15) is 5.56 Å². The van der Waals surface area contributed by atoms with E-state index in [4.69, 9.17) is 15.0 Å². The summed E-state index contributed by atoms with van der Waals surface area (Å²) < 4.78 is 2.25. The van der Waals surface area contributed by atoms with E-state index in [1.807, 2.05) is 12.1 Å². The van der Waals surface area contributed by atoms with Crippen LogP contribution in [-0.2, 0) is 0 Å². The predicted octanol–water partition coefficient (Wildman–Crippen LogP) is 17.4. The molecule has 2 aromatic heterocycles. The van der Waals surface area contributed by atoms with E-state index in [0.29, 0.717) is 5.82 Å². The molecular formula is C66H40N4. The van der Waals surface area contributed by atoms with Gasteiger partial charge in [0.2, 0.25) is 0 Å². The zero-order chi connectivity index (χ0) is 46.0. The Bertz CT molecular complexity index is 4540. The van der Waals surface area contributed by atoms with Crippen molar-refractivity contribution in [2.24, 2.45) is 0 Å². The molecule has 0 bridgehead atoms. The van der Waals surface area contributed by atoms with E-state index >= 15 is 0 Å². The molecule has 2 heterocycles. The van der Waals surface area contributed by atoms with Gasteiger partial charge >= 0.3 is 0 Å². The lowest BCUT2D eigenvalue weighted by Crippen LogP contribution is -2.00.